The van der Waals surface area contributed by atoms with Crippen LogP contribution in [0.4, 0.5) is 5.69 Å². The van der Waals surface area contributed by atoms with Gasteiger partial charge in [-0.05, 0) is 25.3 Å². The van der Waals surface area contributed by atoms with Gasteiger partial charge in [0.15, 0.2) is 0 Å². The number of anilines is 1. The van der Waals surface area contributed by atoms with Crippen LogP contribution in [0.15, 0.2) is 23.4 Å². The maximum Gasteiger partial charge on any atom is 0.246 e. The molecule has 0 aromatic carbocycles. The first-order chi connectivity index (χ1) is 9.55. The van der Waals surface area contributed by atoms with Crippen molar-refractivity contribution in [3.05, 3.63) is 18.5 Å². The van der Waals surface area contributed by atoms with Crippen LogP contribution in [-0.2, 0) is 10.0 Å². The van der Waals surface area contributed by atoms with Gasteiger partial charge in [-0.25, -0.2) is 8.42 Å². The number of nitrogens with one attached hydrogen (secondary N) is 1. The SMILES string of the molecule is CCCNc1ccncc1S(=O)(=O)N1CCCC(O)C1. The van der Waals surface area contributed by atoms with Crippen LogP contribution >= 0.6 is 0 Å². The molecule has 0 radical (unpaired) electrons. The van der Waals surface area contributed by atoms with E-state index in [9.17, 15) is 13.5 Å². The van der Waals surface area contributed by atoms with Crippen molar-refractivity contribution in [3.63, 3.8) is 0 Å². The molecular weight excluding hydrogens is 278 g/mol. The van der Waals surface area contributed by atoms with Crippen molar-refractivity contribution in [1.82, 2.24) is 9.29 Å². The third kappa shape index (κ3) is 3.28. The highest BCUT2D eigenvalue weighted by Gasteiger charge is 2.31. The van der Waals surface area contributed by atoms with E-state index in [1.54, 1.807) is 12.3 Å². The quantitative estimate of drug-likeness (QED) is 0.849. The number of piperidine rings is 1. The van der Waals surface area contributed by atoms with Gasteiger partial charge in [0.1, 0.15) is 4.90 Å². The second-order valence-corrected chi connectivity index (χ2v) is 6.86. The first-order valence-corrected chi connectivity index (χ1v) is 8.35. The number of hydrogen-bond acceptors (Lipinski definition) is 5. The number of rotatable bonds is 5. The third-order valence-corrected chi connectivity index (χ3v) is 5.22. The van der Waals surface area contributed by atoms with E-state index in [2.05, 4.69) is 10.3 Å². The maximum absolute atomic E-state index is 12.7. The zero-order chi connectivity index (χ0) is 14.6. The summed E-state index contributed by atoms with van der Waals surface area (Å²) in [6.07, 6.45) is 4.60. The fourth-order valence-corrected chi connectivity index (χ4v) is 3.90. The van der Waals surface area contributed by atoms with Crippen molar-refractivity contribution in [2.24, 2.45) is 0 Å². The number of aromatic nitrogens is 1. The number of pyridine rings is 1. The number of aliphatic hydroxyl groups is 1. The van der Waals surface area contributed by atoms with E-state index in [0.717, 1.165) is 6.42 Å². The molecule has 0 amide bonds. The zero-order valence-electron chi connectivity index (χ0n) is 11.6. The Morgan fingerprint density at radius 3 is 3.05 bits per heavy atom. The summed E-state index contributed by atoms with van der Waals surface area (Å²) in [4.78, 5) is 4.11. The van der Waals surface area contributed by atoms with Crippen molar-refractivity contribution < 1.29 is 13.5 Å². The van der Waals surface area contributed by atoms with Gasteiger partial charge < -0.3 is 10.4 Å². The first kappa shape index (κ1) is 15.2. The molecule has 1 atom stereocenters. The summed E-state index contributed by atoms with van der Waals surface area (Å²) in [5, 5.41) is 12.8. The maximum atomic E-state index is 12.7. The average Bonchev–Trinajstić information content (AvgIpc) is 2.45. The zero-order valence-corrected chi connectivity index (χ0v) is 12.4. The van der Waals surface area contributed by atoms with Gasteiger partial charge in [0, 0.05) is 32.0 Å². The smallest absolute Gasteiger partial charge is 0.246 e. The van der Waals surface area contributed by atoms with E-state index in [1.807, 2.05) is 6.92 Å². The fourth-order valence-electron chi connectivity index (χ4n) is 2.27. The predicted molar refractivity (Wildman–Crippen MR) is 77.0 cm³/mol. The van der Waals surface area contributed by atoms with E-state index < -0.39 is 16.1 Å². The molecule has 112 valence electrons. The summed E-state index contributed by atoms with van der Waals surface area (Å²) in [6, 6.07) is 1.67. The normalized spacial score (nSPS) is 20.8. The molecule has 2 heterocycles. The van der Waals surface area contributed by atoms with Crippen LogP contribution in [-0.4, -0.2) is 48.6 Å². The lowest BCUT2D eigenvalue weighted by Gasteiger charge is -2.29. The standard InChI is InChI=1S/C13H21N3O3S/c1-2-6-15-12-5-7-14-9-13(12)20(18,19)16-8-3-4-11(17)10-16/h5,7,9,11,17H,2-4,6,8,10H2,1H3,(H,14,15). The van der Waals surface area contributed by atoms with E-state index in [1.165, 1.54) is 10.5 Å². The van der Waals surface area contributed by atoms with Gasteiger partial charge in [0.05, 0.1) is 11.8 Å². The van der Waals surface area contributed by atoms with Gasteiger partial charge in [0.25, 0.3) is 0 Å². The Hall–Kier alpha value is -1.18. The number of sulfonamides is 1. The van der Waals surface area contributed by atoms with Crippen LogP contribution in [0, 0.1) is 0 Å². The first-order valence-electron chi connectivity index (χ1n) is 6.91. The Kier molecular flexibility index (Phi) is 4.95. The van der Waals surface area contributed by atoms with E-state index in [-0.39, 0.29) is 11.4 Å². The largest absolute Gasteiger partial charge is 0.392 e. The van der Waals surface area contributed by atoms with E-state index >= 15 is 0 Å². The number of nitrogens with zero attached hydrogens (tertiary/aromatic N) is 2. The van der Waals surface area contributed by atoms with Crippen LogP contribution in [0.25, 0.3) is 0 Å². The predicted octanol–water partition coefficient (Wildman–Crippen LogP) is 1.05. The molecule has 20 heavy (non-hydrogen) atoms. The van der Waals surface area contributed by atoms with Crippen LogP contribution in [0.2, 0.25) is 0 Å². The van der Waals surface area contributed by atoms with Crippen molar-refractivity contribution in [3.8, 4) is 0 Å². The van der Waals surface area contributed by atoms with Crippen LogP contribution in [0.3, 0.4) is 0 Å². The molecule has 7 heteroatoms. The monoisotopic (exact) mass is 299 g/mol. The molecule has 1 aromatic heterocycles. The van der Waals surface area contributed by atoms with Gasteiger partial charge >= 0.3 is 0 Å². The molecule has 1 aliphatic rings. The van der Waals surface area contributed by atoms with Crippen LogP contribution < -0.4 is 5.32 Å². The van der Waals surface area contributed by atoms with E-state index in [4.69, 9.17) is 0 Å². The number of β-amino-alcohol motifs (C(OH)–C–C–N with tert-alkyl or cyclic N) is 1. The van der Waals surface area contributed by atoms with Crippen molar-refractivity contribution >= 4 is 15.7 Å². The van der Waals surface area contributed by atoms with Crippen molar-refractivity contribution in [2.75, 3.05) is 25.0 Å². The molecule has 0 aliphatic carbocycles. The summed E-state index contributed by atoms with van der Waals surface area (Å²) in [5.74, 6) is 0. The van der Waals surface area contributed by atoms with Crippen LogP contribution in [0.5, 0.6) is 0 Å². The van der Waals surface area contributed by atoms with Crippen molar-refractivity contribution in [2.45, 2.75) is 37.2 Å². The lowest BCUT2D eigenvalue weighted by Crippen LogP contribution is -2.42. The highest BCUT2D eigenvalue weighted by molar-refractivity contribution is 7.89. The second-order valence-electron chi connectivity index (χ2n) is 4.96. The Balaban J connectivity index is 2.29. The van der Waals surface area contributed by atoms with Gasteiger partial charge in [-0.3, -0.25) is 4.98 Å². The third-order valence-electron chi connectivity index (χ3n) is 3.33. The fraction of sp³-hybridized carbons (Fsp3) is 0.615. The highest BCUT2D eigenvalue weighted by atomic mass is 32.2. The van der Waals surface area contributed by atoms with Gasteiger partial charge in [-0.1, -0.05) is 6.92 Å². The molecule has 6 nitrogen and oxygen atoms in total. The molecule has 0 bridgehead atoms. The van der Waals surface area contributed by atoms with Gasteiger partial charge in [-0.15, -0.1) is 0 Å². The summed E-state index contributed by atoms with van der Waals surface area (Å²) in [6.45, 7) is 3.32. The number of aliphatic hydroxyl groups excluding tert-OH is 1. The molecule has 1 fully saturated rings. The Morgan fingerprint density at radius 2 is 2.35 bits per heavy atom. The topological polar surface area (TPSA) is 82.5 Å². The molecule has 1 aliphatic heterocycles. The minimum atomic E-state index is -3.61. The summed E-state index contributed by atoms with van der Waals surface area (Å²) in [5.41, 5.74) is 0.571. The molecule has 2 rings (SSSR count). The minimum Gasteiger partial charge on any atom is -0.392 e. The second kappa shape index (κ2) is 6.51. The molecule has 1 saturated heterocycles. The molecule has 1 aromatic rings. The van der Waals surface area contributed by atoms with Crippen molar-refractivity contribution in [1.29, 1.82) is 0 Å². The Morgan fingerprint density at radius 1 is 1.55 bits per heavy atom. The summed E-state index contributed by atoms with van der Waals surface area (Å²) in [7, 11) is -3.61. The molecule has 2 N–H and O–H groups in total. The average molecular weight is 299 g/mol. The van der Waals surface area contributed by atoms with Crippen LogP contribution in [0.1, 0.15) is 26.2 Å². The Labute approximate surface area is 119 Å². The highest BCUT2D eigenvalue weighted by Crippen LogP contribution is 2.26. The number of hydrogen-bond donors (Lipinski definition) is 2. The molecule has 0 spiro atoms. The summed E-state index contributed by atoms with van der Waals surface area (Å²) >= 11 is 0. The summed E-state index contributed by atoms with van der Waals surface area (Å²) < 4.78 is 26.6. The molecule has 1 unspecified atom stereocenters. The lowest BCUT2D eigenvalue weighted by molar-refractivity contribution is 0.108. The molecule has 0 saturated carbocycles. The van der Waals surface area contributed by atoms with E-state index in [0.29, 0.717) is 31.6 Å². The Bertz CT molecular complexity index is 548. The lowest BCUT2D eigenvalue weighted by atomic mass is 10.1. The van der Waals surface area contributed by atoms with Gasteiger partial charge in [-0.2, -0.15) is 4.31 Å². The molecular formula is C13H21N3O3S. The van der Waals surface area contributed by atoms with Gasteiger partial charge in [0.2, 0.25) is 10.0 Å². The minimum absolute atomic E-state index is 0.157.